The van der Waals surface area contributed by atoms with Gasteiger partial charge in [-0.3, -0.25) is 0 Å². The van der Waals surface area contributed by atoms with Crippen LogP contribution in [0, 0.1) is 0 Å². The summed E-state index contributed by atoms with van der Waals surface area (Å²) in [6.07, 6.45) is 2.28. The number of rotatable bonds is 6. The minimum Gasteiger partial charge on any atom is -0.494 e. The molecule has 1 aromatic heterocycles. The van der Waals surface area contributed by atoms with Crippen molar-refractivity contribution in [2.45, 2.75) is 13.3 Å². The van der Waals surface area contributed by atoms with E-state index >= 15 is 0 Å². The Balaban J connectivity index is 2.06. The predicted octanol–water partition coefficient (Wildman–Crippen LogP) is 2.76. The molecule has 1 aromatic carbocycles. The van der Waals surface area contributed by atoms with Crippen LogP contribution in [-0.2, 0) is 0 Å². The van der Waals surface area contributed by atoms with Crippen LogP contribution in [0.4, 0.5) is 0 Å². The number of aromatic nitrogens is 2. The van der Waals surface area contributed by atoms with Crippen LogP contribution in [0.2, 0.25) is 0 Å². The SMILES string of the molecule is CCCOc1ccc(Oc2nccc(C(=O)O)n2)cc1. The van der Waals surface area contributed by atoms with Gasteiger partial charge in [0.15, 0.2) is 5.69 Å². The molecule has 2 aromatic rings. The minimum atomic E-state index is -1.12. The van der Waals surface area contributed by atoms with Gasteiger partial charge in [0.05, 0.1) is 6.61 Å². The molecule has 2 rings (SSSR count). The Labute approximate surface area is 116 Å². The van der Waals surface area contributed by atoms with Crippen LogP contribution in [0.5, 0.6) is 17.5 Å². The van der Waals surface area contributed by atoms with Crippen molar-refractivity contribution in [2.24, 2.45) is 0 Å². The number of nitrogens with zero attached hydrogens (tertiary/aromatic N) is 2. The molecule has 6 heteroatoms. The van der Waals surface area contributed by atoms with Gasteiger partial charge in [-0.15, -0.1) is 0 Å². The number of hydrogen-bond acceptors (Lipinski definition) is 5. The first kappa shape index (κ1) is 13.8. The fourth-order valence-corrected chi connectivity index (χ4v) is 1.44. The summed E-state index contributed by atoms with van der Waals surface area (Å²) < 4.78 is 10.8. The number of carboxylic acid groups (broad SMARTS) is 1. The molecule has 0 saturated heterocycles. The summed E-state index contributed by atoms with van der Waals surface area (Å²) in [5, 5.41) is 8.83. The first-order valence-electron chi connectivity index (χ1n) is 6.16. The second-order valence-electron chi connectivity index (χ2n) is 3.95. The summed E-state index contributed by atoms with van der Waals surface area (Å²) in [4.78, 5) is 18.4. The summed E-state index contributed by atoms with van der Waals surface area (Å²) >= 11 is 0. The normalized spacial score (nSPS) is 10.1. The summed E-state index contributed by atoms with van der Waals surface area (Å²) in [5.74, 6) is 0.136. The summed E-state index contributed by atoms with van der Waals surface area (Å²) in [5.41, 5.74) is -0.113. The Bertz CT molecular complexity index is 584. The molecule has 0 saturated carbocycles. The van der Waals surface area contributed by atoms with Crippen LogP contribution in [0.25, 0.3) is 0 Å². The van der Waals surface area contributed by atoms with E-state index in [0.29, 0.717) is 12.4 Å². The highest BCUT2D eigenvalue weighted by Gasteiger charge is 2.07. The van der Waals surface area contributed by atoms with Crippen LogP contribution < -0.4 is 9.47 Å². The van der Waals surface area contributed by atoms with Crippen molar-refractivity contribution in [1.29, 1.82) is 0 Å². The molecular weight excluding hydrogens is 260 g/mol. The van der Waals surface area contributed by atoms with Crippen molar-refractivity contribution >= 4 is 5.97 Å². The van der Waals surface area contributed by atoms with E-state index in [1.807, 2.05) is 6.92 Å². The highest BCUT2D eigenvalue weighted by Crippen LogP contribution is 2.21. The zero-order valence-electron chi connectivity index (χ0n) is 10.9. The van der Waals surface area contributed by atoms with Crippen LogP contribution >= 0.6 is 0 Å². The Morgan fingerprint density at radius 3 is 2.55 bits per heavy atom. The van der Waals surface area contributed by atoms with Crippen molar-refractivity contribution in [2.75, 3.05) is 6.61 Å². The molecule has 0 aliphatic carbocycles. The lowest BCUT2D eigenvalue weighted by molar-refractivity contribution is 0.0689. The number of carboxylic acids is 1. The van der Waals surface area contributed by atoms with Crippen LogP contribution in [0.15, 0.2) is 36.5 Å². The largest absolute Gasteiger partial charge is 0.494 e. The van der Waals surface area contributed by atoms with Crippen molar-refractivity contribution in [3.8, 4) is 17.5 Å². The maximum atomic E-state index is 10.8. The van der Waals surface area contributed by atoms with E-state index in [1.54, 1.807) is 24.3 Å². The molecule has 0 bridgehead atoms. The molecule has 1 N–H and O–H groups in total. The molecule has 0 spiro atoms. The van der Waals surface area contributed by atoms with Crippen molar-refractivity contribution in [1.82, 2.24) is 9.97 Å². The Hall–Kier alpha value is -2.63. The van der Waals surface area contributed by atoms with Gasteiger partial charge in [0.2, 0.25) is 0 Å². The highest BCUT2D eigenvalue weighted by molar-refractivity contribution is 5.85. The summed E-state index contributed by atoms with van der Waals surface area (Å²) in [6, 6.07) is 8.26. The maximum Gasteiger partial charge on any atom is 0.354 e. The van der Waals surface area contributed by atoms with E-state index in [2.05, 4.69) is 9.97 Å². The van der Waals surface area contributed by atoms with Gasteiger partial charge in [0, 0.05) is 6.20 Å². The van der Waals surface area contributed by atoms with Gasteiger partial charge in [-0.1, -0.05) is 6.92 Å². The first-order valence-corrected chi connectivity index (χ1v) is 6.16. The maximum absolute atomic E-state index is 10.8. The van der Waals surface area contributed by atoms with Crippen molar-refractivity contribution in [3.05, 3.63) is 42.2 Å². The smallest absolute Gasteiger partial charge is 0.354 e. The highest BCUT2D eigenvalue weighted by atomic mass is 16.5. The molecule has 20 heavy (non-hydrogen) atoms. The third-order valence-corrected chi connectivity index (χ3v) is 2.36. The zero-order valence-corrected chi connectivity index (χ0v) is 10.9. The average Bonchev–Trinajstić information content (AvgIpc) is 2.47. The lowest BCUT2D eigenvalue weighted by atomic mass is 10.3. The number of ether oxygens (including phenoxy) is 2. The minimum absolute atomic E-state index is 0.00729. The second-order valence-corrected chi connectivity index (χ2v) is 3.95. The topological polar surface area (TPSA) is 81.5 Å². The molecule has 0 aliphatic heterocycles. The van der Waals surface area contributed by atoms with Crippen molar-refractivity contribution in [3.63, 3.8) is 0 Å². The van der Waals surface area contributed by atoms with Crippen molar-refractivity contribution < 1.29 is 19.4 Å². The average molecular weight is 274 g/mol. The molecule has 0 fully saturated rings. The van der Waals surface area contributed by atoms with Crippen LogP contribution in [0.1, 0.15) is 23.8 Å². The number of carbonyl (C=O) groups is 1. The van der Waals surface area contributed by atoms with E-state index in [9.17, 15) is 4.79 Å². The second kappa shape index (κ2) is 6.51. The third kappa shape index (κ3) is 3.68. The fraction of sp³-hybridized carbons (Fsp3) is 0.214. The predicted molar refractivity (Wildman–Crippen MR) is 71.3 cm³/mol. The number of aromatic carboxylic acids is 1. The Kier molecular flexibility index (Phi) is 4.49. The molecule has 104 valence electrons. The monoisotopic (exact) mass is 274 g/mol. The molecule has 6 nitrogen and oxygen atoms in total. The Morgan fingerprint density at radius 2 is 1.90 bits per heavy atom. The van der Waals surface area contributed by atoms with Gasteiger partial charge in [-0.25, -0.2) is 9.78 Å². The van der Waals surface area contributed by atoms with E-state index in [4.69, 9.17) is 14.6 Å². The van der Waals surface area contributed by atoms with Crippen LogP contribution in [0.3, 0.4) is 0 Å². The van der Waals surface area contributed by atoms with Gasteiger partial charge in [-0.05, 0) is 36.8 Å². The molecule has 0 amide bonds. The van der Waals surface area contributed by atoms with E-state index in [0.717, 1.165) is 12.2 Å². The summed E-state index contributed by atoms with van der Waals surface area (Å²) in [7, 11) is 0. The van der Waals surface area contributed by atoms with Gasteiger partial charge in [0.25, 0.3) is 0 Å². The zero-order chi connectivity index (χ0) is 14.4. The number of benzene rings is 1. The number of hydrogen-bond donors (Lipinski definition) is 1. The van der Waals surface area contributed by atoms with Gasteiger partial charge in [0.1, 0.15) is 11.5 Å². The van der Waals surface area contributed by atoms with Gasteiger partial charge < -0.3 is 14.6 Å². The van der Waals surface area contributed by atoms with E-state index in [1.165, 1.54) is 12.3 Å². The standard InChI is InChI=1S/C14H14N2O4/c1-2-9-19-10-3-5-11(6-4-10)20-14-15-8-7-12(16-14)13(17)18/h3-8H,2,9H2,1H3,(H,17,18). The Morgan fingerprint density at radius 1 is 1.20 bits per heavy atom. The lowest BCUT2D eigenvalue weighted by Gasteiger charge is -2.06. The molecule has 0 unspecified atom stereocenters. The first-order chi connectivity index (χ1) is 9.69. The van der Waals surface area contributed by atoms with Gasteiger partial charge in [-0.2, -0.15) is 4.98 Å². The van der Waals surface area contributed by atoms with E-state index in [-0.39, 0.29) is 11.7 Å². The summed E-state index contributed by atoms with van der Waals surface area (Å²) in [6.45, 7) is 2.69. The molecule has 0 aliphatic rings. The fourth-order valence-electron chi connectivity index (χ4n) is 1.44. The van der Waals surface area contributed by atoms with E-state index < -0.39 is 5.97 Å². The quantitative estimate of drug-likeness (QED) is 0.872. The van der Waals surface area contributed by atoms with Crippen LogP contribution in [-0.4, -0.2) is 27.7 Å². The molecule has 0 atom stereocenters. The molecule has 0 radical (unpaired) electrons. The lowest BCUT2D eigenvalue weighted by Crippen LogP contribution is -2.02. The van der Waals surface area contributed by atoms with Gasteiger partial charge >= 0.3 is 12.0 Å². The molecule has 1 heterocycles. The third-order valence-electron chi connectivity index (χ3n) is 2.36. The molecular formula is C14H14N2O4.